The zero-order chi connectivity index (χ0) is 24.4. The summed E-state index contributed by atoms with van der Waals surface area (Å²) in [7, 11) is -8.83. The molecule has 17 nitrogen and oxygen atoms in total. The summed E-state index contributed by atoms with van der Waals surface area (Å²) < 4.78 is 89.4. The van der Waals surface area contributed by atoms with Crippen LogP contribution >= 0.6 is 0 Å². The van der Waals surface area contributed by atoms with Gasteiger partial charge in [-0.15, -0.1) is 0 Å². The van der Waals surface area contributed by atoms with E-state index in [0.29, 0.717) is 0 Å². The van der Waals surface area contributed by atoms with Gasteiger partial charge in [-0.2, -0.15) is 16.8 Å². The minimum absolute atomic E-state index is 0.962. The third-order valence-electron chi connectivity index (χ3n) is 4.60. The predicted molar refractivity (Wildman–Crippen MR) is 94.2 cm³/mol. The van der Waals surface area contributed by atoms with Crippen molar-refractivity contribution in [1.82, 2.24) is 0 Å². The summed E-state index contributed by atoms with van der Waals surface area (Å²) in [4.78, 5) is 0. The number of aliphatic hydroxyl groups is 5. The van der Waals surface area contributed by atoms with E-state index in [1.165, 1.54) is 0 Å². The molecule has 0 unspecified atom stereocenters. The number of aliphatic hydroxyl groups excluding tert-OH is 5. The number of hydrogen-bond acceptors (Lipinski definition) is 15. The van der Waals surface area contributed by atoms with Gasteiger partial charge in [0.15, 0.2) is 12.6 Å². The molecule has 0 amide bonds. The lowest BCUT2D eigenvalue weighted by Gasteiger charge is -2.45. The van der Waals surface area contributed by atoms with Gasteiger partial charge in [0, 0.05) is 7.11 Å². The van der Waals surface area contributed by atoms with Crippen molar-refractivity contribution in [3.63, 3.8) is 0 Å². The molecule has 2 fully saturated rings. The lowest BCUT2D eigenvalue weighted by molar-refractivity contribution is -0.356. The van der Waals surface area contributed by atoms with Crippen molar-refractivity contribution in [3.05, 3.63) is 0 Å². The molecule has 32 heavy (non-hydrogen) atoms. The summed E-state index contributed by atoms with van der Waals surface area (Å²) >= 11 is 0. The summed E-state index contributed by atoms with van der Waals surface area (Å²) in [6.07, 6.45) is -17.9. The highest BCUT2D eigenvalue weighted by atomic mass is 32.3. The SMILES string of the molecule is CO[C@@H]1O[C@H](COS(=O)(=O)O)[C@@H](O[C@H]2O[C@H](COS(=O)(=O)O)[C@@H](O)[C@H](O)[C@H]2O)[C@H](O)[C@H]1O. The first-order valence-corrected chi connectivity index (χ1v) is 11.5. The molecule has 0 saturated carbocycles. The second-order valence-corrected chi connectivity index (χ2v) is 8.98. The molecule has 2 saturated heterocycles. The maximum Gasteiger partial charge on any atom is 0.397 e. The van der Waals surface area contributed by atoms with Crippen LogP contribution in [0.2, 0.25) is 0 Å². The zero-order valence-corrected chi connectivity index (χ0v) is 17.9. The molecular formula is C13H24O17S2. The normalized spacial score (nSPS) is 41.5. The van der Waals surface area contributed by atoms with Gasteiger partial charge in [0.05, 0.1) is 13.2 Å². The third kappa shape index (κ3) is 7.19. The van der Waals surface area contributed by atoms with Crippen LogP contribution in [-0.4, -0.2) is 133 Å². The van der Waals surface area contributed by atoms with Gasteiger partial charge >= 0.3 is 20.8 Å². The Morgan fingerprint density at radius 3 is 1.66 bits per heavy atom. The van der Waals surface area contributed by atoms with Gasteiger partial charge in [-0.05, 0) is 0 Å². The minimum Gasteiger partial charge on any atom is -0.387 e. The van der Waals surface area contributed by atoms with Gasteiger partial charge in [0.1, 0.15) is 48.8 Å². The number of ether oxygens (including phenoxy) is 4. The standard InChI is InChI=1S/C13H24O17S2/c1-25-12-10(18)8(16)11(5(29-12)3-27-32(22,23)24)30-13-9(17)7(15)6(14)4(28-13)2-26-31(19,20)21/h4-18H,2-3H2,1H3,(H,19,20,21)(H,22,23,24)/t4-,5-,6-,7+,8-,9-,10-,11-,12-,13-/m1/s1. The summed E-state index contributed by atoms with van der Waals surface area (Å²) in [5, 5.41) is 50.5. The van der Waals surface area contributed by atoms with E-state index in [1.807, 2.05) is 0 Å². The van der Waals surface area contributed by atoms with E-state index in [4.69, 9.17) is 28.1 Å². The molecule has 2 rings (SSSR count). The second kappa shape index (κ2) is 10.8. The molecule has 190 valence electrons. The maximum atomic E-state index is 10.9. The van der Waals surface area contributed by atoms with E-state index in [-0.39, 0.29) is 0 Å². The molecule has 0 aromatic heterocycles. The highest BCUT2D eigenvalue weighted by molar-refractivity contribution is 7.81. The summed E-state index contributed by atoms with van der Waals surface area (Å²) in [6.45, 7) is -1.98. The largest absolute Gasteiger partial charge is 0.397 e. The van der Waals surface area contributed by atoms with Crippen molar-refractivity contribution in [2.45, 2.75) is 61.4 Å². The molecule has 2 aliphatic heterocycles. The number of hydrogen-bond donors (Lipinski definition) is 7. The van der Waals surface area contributed by atoms with Crippen LogP contribution in [0.1, 0.15) is 0 Å². The first kappa shape index (κ1) is 27.6. The molecule has 10 atom stereocenters. The minimum atomic E-state index is -4.96. The van der Waals surface area contributed by atoms with Crippen molar-refractivity contribution in [3.8, 4) is 0 Å². The fourth-order valence-electron chi connectivity index (χ4n) is 3.03. The Morgan fingerprint density at radius 1 is 0.688 bits per heavy atom. The molecule has 0 spiro atoms. The van der Waals surface area contributed by atoms with E-state index in [2.05, 4.69) is 8.37 Å². The predicted octanol–water partition coefficient (Wildman–Crippen LogP) is -5.09. The fourth-order valence-corrected chi connectivity index (χ4v) is 3.64. The lowest BCUT2D eigenvalue weighted by atomic mass is 9.97. The first-order valence-electron chi connectivity index (χ1n) is 8.77. The maximum absolute atomic E-state index is 10.9. The topological polar surface area (TPSA) is 265 Å². The van der Waals surface area contributed by atoms with Crippen LogP contribution in [0.4, 0.5) is 0 Å². The van der Waals surface area contributed by atoms with E-state index >= 15 is 0 Å². The van der Waals surface area contributed by atoms with Crippen LogP contribution in [0.15, 0.2) is 0 Å². The fraction of sp³-hybridized carbons (Fsp3) is 1.00. The Morgan fingerprint density at radius 2 is 1.16 bits per heavy atom. The molecule has 2 aliphatic rings. The molecule has 0 aromatic carbocycles. The average Bonchev–Trinajstić information content (AvgIpc) is 2.68. The Bertz CT molecular complexity index is 816. The van der Waals surface area contributed by atoms with Crippen molar-refractivity contribution in [2.75, 3.05) is 20.3 Å². The third-order valence-corrected chi connectivity index (χ3v) is 5.46. The Kier molecular flexibility index (Phi) is 9.28. The first-order chi connectivity index (χ1) is 14.6. The molecule has 0 bridgehead atoms. The second-order valence-electron chi connectivity index (χ2n) is 6.80. The highest BCUT2D eigenvalue weighted by Crippen LogP contribution is 2.30. The molecule has 0 aliphatic carbocycles. The average molecular weight is 516 g/mol. The molecule has 0 radical (unpaired) electrons. The molecular weight excluding hydrogens is 492 g/mol. The summed E-state index contributed by atoms with van der Waals surface area (Å²) in [6, 6.07) is 0. The quantitative estimate of drug-likeness (QED) is 0.141. The van der Waals surface area contributed by atoms with Gasteiger partial charge in [0.25, 0.3) is 0 Å². The van der Waals surface area contributed by atoms with Crippen LogP contribution in [0, 0.1) is 0 Å². The summed E-state index contributed by atoms with van der Waals surface area (Å²) in [5.74, 6) is 0. The van der Waals surface area contributed by atoms with Crippen molar-refractivity contribution in [2.24, 2.45) is 0 Å². The molecule has 19 heteroatoms. The van der Waals surface area contributed by atoms with Gasteiger partial charge in [-0.25, -0.2) is 8.37 Å². The van der Waals surface area contributed by atoms with Crippen LogP contribution in [0.25, 0.3) is 0 Å². The van der Waals surface area contributed by atoms with E-state index in [9.17, 15) is 42.4 Å². The van der Waals surface area contributed by atoms with E-state index in [1.54, 1.807) is 0 Å². The van der Waals surface area contributed by atoms with Crippen LogP contribution in [0.3, 0.4) is 0 Å². The lowest BCUT2D eigenvalue weighted by Crippen LogP contribution is -2.64. The molecule has 7 N–H and O–H groups in total. The Hall–Kier alpha value is -0.620. The van der Waals surface area contributed by atoms with Gasteiger partial charge in [-0.3, -0.25) is 9.11 Å². The van der Waals surface area contributed by atoms with Gasteiger partial charge < -0.3 is 44.5 Å². The monoisotopic (exact) mass is 516 g/mol. The Labute approximate surface area is 181 Å². The Balaban J connectivity index is 2.21. The van der Waals surface area contributed by atoms with Crippen molar-refractivity contribution < 1.29 is 78.8 Å². The number of rotatable bonds is 9. The highest BCUT2D eigenvalue weighted by Gasteiger charge is 2.51. The summed E-state index contributed by atoms with van der Waals surface area (Å²) in [5.41, 5.74) is 0. The zero-order valence-electron chi connectivity index (χ0n) is 16.2. The van der Waals surface area contributed by atoms with Crippen LogP contribution < -0.4 is 0 Å². The van der Waals surface area contributed by atoms with E-state index < -0.39 is 95.4 Å². The molecule has 0 aromatic rings. The van der Waals surface area contributed by atoms with Crippen molar-refractivity contribution >= 4 is 20.8 Å². The van der Waals surface area contributed by atoms with Gasteiger partial charge in [-0.1, -0.05) is 0 Å². The molecule has 2 heterocycles. The smallest absolute Gasteiger partial charge is 0.387 e. The number of methoxy groups -OCH3 is 1. The van der Waals surface area contributed by atoms with E-state index in [0.717, 1.165) is 7.11 Å². The van der Waals surface area contributed by atoms with Crippen LogP contribution in [-0.2, 0) is 48.1 Å². The van der Waals surface area contributed by atoms with Crippen LogP contribution in [0.5, 0.6) is 0 Å². The van der Waals surface area contributed by atoms with Gasteiger partial charge in [0.2, 0.25) is 0 Å². The van der Waals surface area contributed by atoms with Crippen molar-refractivity contribution in [1.29, 1.82) is 0 Å².